The van der Waals surface area contributed by atoms with Crippen molar-refractivity contribution in [3.8, 4) is 11.5 Å². The van der Waals surface area contributed by atoms with Crippen LogP contribution in [0.1, 0.15) is 19.3 Å². The van der Waals surface area contributed by atoms with Gasteiger partial charge in [-0.25, -0.2) is 19.2 Å². The lowest BCUT2D eigenvalue weighted by Crippen LogP contribution is -2.46. The molecule has 1 amide bonds. The van der Waals surface area contributed by atoms with Crippen LogP contribution in [0.3, 0.4) is 0 Å². The quantitative estimate of drug-likeness (QED) is 0.566. The van der Waals surface area contributed by atoms with E-state index in [0.717, 1.165) is 12.8 Å². The molecule has 1 fully saturated rings. The number of anilines is 2. The van der Waals surface area contributed by atoms with E-state index in [0.29, 0.717) is 41.2 Å². The van der Waals surface area contributed by atoms with Gasteiger partial charge in [-0.05, 0) is 31.0 Å². The first-order chi connectivity index (χ1) is 15.0. The number of methoxy groups -OCH3 is 1. The van der Waals surface area contributed by atoms with E-state index >= 15 is 0 Å². The molecule has 0 bridgehead atoms. The van der Waals surface area contributed by atoms with Gasteiger partial charge in [-0.15, -0.1) is 0 Å². The summed E-state index contributed by atoms with van der Waals surface area (Å²) in [4.78, 5) is 21.3. The van der Waals surface area contributed by atoms with E-state index in [9.17, 15) is 14.3 Å². The summed E-state index contributed by atoms with van der Waals surface area (Å²) in [5.41, 5.74) is 0.694. The molecule has 31 heavy (non-hydrogen) atoms. The number of rotatable bonds is 5. The highest BCUT2D eigenvalue weighted by molar-refractivity contribution is 6.31. The van der Waals surface area contributed by atoms with Crippen molar-refractivity contribution in [3.05, 3.63) is 47.5 Å². The summed E-state index contributed by atoms with van der Waals surface area (Å²) in [5, 5.41) is 13.0. The maximum atomic E-state index is 14.3. The zero-order valence-corrected chi connectivity index (χ0v) is 17.4. The fourth-order valence-corrected chi connectivity index (χ4v) is 3.71. The molecular formula is C21H20ClFN4O4. The van der Waals surface area contributed by atoms with Gasteiger partial charge in [0.2, 0.25) is 0 Å². The van der Waals surface area contributed by atoms with Gasteiger partial charge in [0.1, 0.15) is 12.1 Å². The lowest BCUT2D eigenvalue weighted by atomic mass is 10.1. The average Bonchev–Trinajstić information content (AvgIpc) is 2.77. The number of nitrogens with zero attached hydrogens (tertiary/aromatic N) is 3. The van der Waals surface area contributed by atoms with E-state index in [1.807, 2.05) is 0 Å². The van der Waals surface area contributed by atoms with Crippen LogP contribution in [0.5, 0.6) is 11.5 Å². The molecule has 1 aliphatic rings. The van der Waals surface area contributed by atoms with Crippen LogP contribution in [0.25, 0.3) is 10.9 Å². The topological polar surface area (TPSA) is 96.8 Å². The largest absolute Gasteiger partial charge is 0.493 e. The molecule has 1 unspecified atom stereocenters. The first kappa shape index (κ1) is 20.9. The Morgan fingerprint density at radius 3 is 2.90 bits per heavy atom. The number of halogens is 2. The van der Waals surface area contributed by atoms with Crippen molar-refractivity contribution in [1.29, 1.82) is 0 Å². The Morgan fingerprint density at radius 1 is 1.29 bits per heavy atom. The number of piperidine rings is 1. The van der Waals surface area contributed by atoms with E-state index in [2.05, 4.69) is 15.3 Å². The van der Waals surface area contributed by atoms with Gasteiger partial charge in [0.15, 0.2) is 23.5 Å². The highest BCUT2D eigenvalue weighted by atomic mass is 35.5. The van der Waals surface area contributed by atoms with Crippen molar-refractivity contribution in [3.63, 3.8) is 0 Å². The molecule has 0 spiro atoms. The monoisotopic (exact) mass is 446 g/mol. The van der Waals surface area contributed by atoms with E-state index < -0.39 is 18.1 Å². The number of carboxylic acid groups (broad SMARTS) is 1. The van der Waals surface area contributed by atoms with Crippen molar-refractivity contribution < 1.29 is 23.8 Å². The van der Waals surface area contributed by atoms with Gasteiger partial charge in [0, 0.05) is 24.4 Å². The van der Waals surface area contributed by atoms with Gasteiger partial charge >= 0.3 is 6.09 Å². The Labute approximate surface area is 182 Å². The molecule has 0 radical (unpaired) electrons. The Kier molecular flexibility index (Phi) is 5.94. The first-order valence-electron chi connectivity index (χ1n) is 9.68. The second kappa shape index (κ2) is 8.81. The second-order valence-corrected chi connectivity index (χ2v) is 7.42. The number of ether oxygens (including phenoxy) is 2. The number of amides is 1. The van der Waals surface area contributed by atoms with Gasteiger partial charge in [0.25, 0.3) is 0 Å². The van der Waals surface area contributed by atoms with Crippen molar-refractivity contribution in [2.75, 3.05) is 19.0 Å². The Bertz CT molecular complexity index is 1130. The van der Waals surface area contributed by atoms with Crippen LogP contribution in [0, 0.1) is 5.82 Å². The van der Waals surface area contributed by atoms with Crippen molar-refractivity contribution in [2.45, 2.75) is 25.5 Å². The fourth-order valence-electron chi connectivity index (χ4n) is 3.53. The molecule has 2 aromatic carbocycles. The normalized spacial score (nSPS) is 16.2. The van der Waals surface area contributed by atoms with Crippen LogP contribution in [-0.2, 0) is 0 Å². The Morgan fingerprint density at radius 2 is 2.13 bits per heavy atom. The lowest BCUT2D eigenvalue weighted by molar-refractivity contribution is 0.00469. The number of carbonyl (C=O) groups is 1. The minimum Gasteiger partial charge on any atom is -0.493 e. The summed E-state index contributed by atoms with van der Waals surface area (Å²) >= 11 is 5.86. The van der Waals surface area contributed by atoms with E-state index in [1.165, 1.54) is 24.4 Å². The number of nitrogens with one attached hydrogen (secondary N) is 1. The zero-order chi connectivity index (χ0) is 22.0. The average molecular weight is 447 g/mol. The molecule has 8 nitrogen and oxygen atoms in total. The van der Waals surface area contributed by atoms with Crippen LogP contribution >= 0.6 is 11.6 Å². The third-order valence-corrected chi connectivity index (χ3v) is 5.37. The maximum absolute atomic E-state index is 14.3. The summed E-state index contributed by atoms with van der Waals surface area (Å²) in [5.74, 6) is 0.523. The number of fused-ring (bicyclic) bond motifs is 1. The third kappa shape index (κ3) is 4.27. The van der Waals surface area contributed by atoms with E-state index in [1.54, 1.807) is 24.3 Å². The SMILES string of the molecule is COc1cc2c(Nc3cccc(Cl)c3F)ncnc2cc1OC1CCCCN1C(=O)O. The standard InChI is InChI=1S/C21H20ClFN4O4/c1-30-16-9-12-15(10-17(16)31-18-7-2-3-8-27(18)21(28)29)24-11-25-20(12)26-14-6-4-5-13(22)19(14)23/h4-6,9-11,18H,2-3,7-8H2,1H3,(H,28,29)(H,24,25,26). The van der Waals surface area contributed by atoms with E-state index in [-0.39, 0.29) is 10.7 Å². The molecule has 3 aromatic rings. The molecule has 2 N–H and O–H groups in total. The van der Waals surface area contributed by atoms with Gasteiger partial charge in [-0.3, -0.25) is 4.90 Å². The molecule has 10 heteroatoms. The number of likely N-dealkylation sites (tertiary alicyclic amines) is 1. The smallest absolute Gasteiger partial charge is 0.410 e. The molecule has 0 saturated carbocycles. The van der Waals surface area contributed by atoms with Crippen LogP contribution < -0.4 is 14.8 Å². The zero-order valence-electron chi connectivity index (χ0n) is 16.6. The molecule has 162 valence electrons. The summed E-state index contributed by atoms with van der Waals surface area (Å²) in [6, 6.07) is 7.96. The van der Waals surface area contributed by atoms with Gasteiger partial charge in [-0.2, -0.15) is 0 Å². The van der Waals surface area contributed by atoms with Crippen LogP contribution in [0.2, 0.25) is 5.02 Å². The van der Waals surface area contributed by atoms with Crippen molar-refractivity contribution in [1.82, 2.24) is 14.9 Å². The summed E-state index contributed by atoms with van der Waals surface area (Å²) in [7, 11) is 1.48. The van der Waals surface area contributed by atoms with Crippen LogP contribution in [-0.4, -0.2) is 46.0 Å². The van der Waals surface area contributed by atoms with Crippen LogP contribution in [0.4, 0.5) is 20.7 Å². The van der Waals surface area contributed by atoms with Gasteiger partial charge < -0.3 is 19.9 Å². The molecule has 2 heterocycles. The highest BCUT2D eigenvalue weighted by Crippen LogP contribution is 2.37. The van der Waals surface area contributed by atoms with E-state index in [4.69, 9.17) is 21.1 Å². The minimum atomic E-state index is -1.03. The predicted octanol–water partition coefficient (Wildman–Crippen LogP) is 5.04. The first-order valence-corrected chi connectivity index (χ1v) is 10.1. The Hall–Kier alpha value is -3.33. The van der Waals surface area contributed by atoms with Gasteiger partial charge in [-0.1, -0.05) is 17.7 Å². The number of benzene rings is 2. The molecule has 1 aliphatic heterocycles. The Balaban J connectivity index is 1.70. The molecule has 1 aromatic heterocycles. The predicted molar refractivity (Wildman–Crippen MR) is 114 cm³/mol. The number of aromatic nitrogens is 2. The molecule has 4 rings (SSSR count). The second-order valence-electron chi connectivity index (χ2n) is 7.01. The number of hydrogen-bond acceptors (Lipinski definition) is 6. The van der Waals surface area contributed by atoms with Crippen molar-refractivity contribution in [2.24, 2.45) is 0 Å². The molecular weight excluding hydrogens is 427 g/mol. The van der Waals surface area contributed by atoms with Crippen molar-refractivity contribution >= 4 is 40.1 Å². The highest BCUT2D eigenvalue weighted by Gasteiger charge is 2.29. The van der Waals surface area contributed by atoms with Crippen LogP contribution in [0.15, 0.2) is 36.7 Å². The summed E-state index contributed by atoms with van der Waals surface area (Å²) in [6.45, 7) is 0.414. The lowest BCUT2D eigenvalue weighted by Gasteiger charge is -2.33. The third-order valence-electron chi connectivity index (χ3n) is 5.08. The summed E-state index contributed by atoms with van der Waals surface area (Å²) in [6.07, 6.45) is 1.94. The fraction of sp³-hybridized carbons (Fsp3) is 0.286. The number of hydrogen-bond donors (Lipinski definition) is 2. The molecule has 1 saturated heterocycles. The summed E-state index contributed by atoms with van der Waals surface area (Å²) < 4.78 is 25.8. The molecule has 1 atom stereocenters. The molecule has 0 aliphatic carbocycles. The minimum absolute atomic E-state index is 0.00732. The maximum Gasteiger partial charge on any atom is 0.410 e. The van der Waals surface area contributed by atoms with Gasteiger partial charge in [0.05, 0.1) is 23.3 Å².